The fraction of sp³-hybridized carbons (Fsp3) is 0.286. The maximum absolute atomic E-state index is 13.0. The monoisotopic (exact) mass is 298 g/mol. The Labute approximate surface area is 119 Å². The van der Waals surface area contributed by atoms with Crippen LogP contribution < -0.4 is 0 Å². The maximum Gasteiger partial charge on any atom is 0.429 e. The van der Waals surface area contributed by atoms with Crippen LogP contribution in [-0.4, -0.2) is 21.9 Å². The molecule has 1 heterocycles. The third-order valence-electron chi connectivity index (χ3n) is 2.84. The van der Waals surface area contributed by atoms with Crippen molar-refractivity contribution in [1.29, 1.82) is 0 Å². The Balaban J connectivity index is 2.23. The lowest BCUT2D eigenvalue weighted by Crippen LogP contribution is -2.26. The molecule has 1 atom stereocenters. The van der Waals surface area contributed by atoms with Gasteiger partial charge < -0.3 is 4.74 Å². The number of esters is 1. The van der Waals surface area contributed by atoms with Gasteiger partial charge in [0, 0.05) is 18.8 Å². The Morgan fingerprint density at radius 1 is 1.29 bits per heavy atom. The Hall–Kier alpha value is -2.31. The first kappa shape index (κ1) is 15.1. The zero-order chi connectivity index (χ0) is 15.6. The summed E-state index contributed by atoms with van der Waals surface area (Å²) in [5, 5.41) is 3.67. The number of benzene rings is 1. The van der Waals surface area contributed by atoms with Crippen molar-refractivity contribution in [2.75, 3.05) is 0 Å². The summed E-state index contributed by atoms with van der Waals surface area (Å²) in [7, 11) is 1.48. The topological polar surface area (TPSA) is 44.1 Å². The number of hydrogen-bond acceptors (Lipinski definition) is 3. The van der Waals surface area contributed by atoms with Crippen LogP contribution in [0, 0.1) is 6.92 Å². The number of alkyl halides is 3. The van der Waals surface area contributed by atoms with Crippen molar-refractivity contribution < 1.29 is 22.7 Å². The molecular formula is C14H13F3N2O2. The van der Waals surface area contributed by atoms with Crippen molar-refractivity contribution in [2.24, 2.45) is 7.05 Å². The van der Waals surface area contributed by atoms with Gasteiger partial charge in [-0.3, -0.25) is 4.68 Å². The molecule has 21 heavy (non-hydrogen) atoms. The Kier molecular flexibility index (Phi) is 4.02. The minimum absolute atomic E-state index is 0.0683. The molecule has 0 bridgehead atoms. The van der Waals surface area contributed by atoms with Gasteiger partial charge in [0.25, 0.3) is 0 Å². The first-order chi connectivity index (χ1) is 9.77. The molecule has 0 aliphatic heterocycles. The van der Waals surface area contributed by atoms with Crippen LogP contribution in [0.25, 0.3) is 0 Å². The fourth-order valence-corrected chi connectivity index (χ4v) is 1.76. The van der Waals surface area contributed by atoms with Gasteiger partial charge in [-0.15, -0.1) is 0 Å². The van der Waals surface area contributed by atoms with E-state index in [1.165, 1.54) is 30.1 Å². The minimum atomic E-state index is -4.70. The van der Waals surface area contributed by atoms with E-state index < -0.39 is 18.2 Å². The van der Waals surface area contributed by atoms with E-state index in [-0.39, 0.29) is 11.1 Å². The van der Waals surface area contributed by atoms with Gasteiger partial charge in [-0.2, -0.15) is 18.3 Å². The first-order valence-corrected chi connectivity index (χ1v) is 6.10. The van der Waals surface area contributed by atoms with Crippen molar-refractivity contribution in [3.05, 3.63) is 53.3 Å². The van der Waals surface area contributed by atoms with Gasteiger partial charge in [0.2, 0.25) is 6.10 Å². The van der Waals surface area contributed by atoms with E-state index in [4.69, 9.17) is 0 Å². The van der Waals surface area contributed by atoms with E-state index in [1.807, 2.05) is 6.92 Å². The summed E-state index contributed by atoms with van der Waals surface area (Å²) < 4.78 is 45.0. The van der Waals surface area contributed by atoms with Crippen LogP contribution in [0.3, 0.4) is 0 Å². The molecule has 4 nitrogen and oxygen atoms in total. The molecule has 0 unspecified atom stereocenters. The second-order valence-electron chi connectivity index (χ2n) is 4.64. The Morgan fingerprint density at radius 2 is 1.90 bits per heavy atom. The molecule has 0 spiro atoms. The highest BCUT2D eigenvalue weighted by Gasteiger charge is 2.45. The van der Waals surface area contributed by atoms with Gasteiger partial charge in [-0.1, -0.05) is 17.7 Å². The Bertz CT molecular complexity index is 632. The molecule has 112 valence electrons. The summed E-state index contributed by atoms with van der Waals surface area (Å²) in [5.74, 6) is -1.03. The lowest BCUT2D eigenvalue weighted by atomic mass is 10.1. The van der Waals surface area contributed by atoms with Crippen LogP contribution in [0.5, 0.6) is 0 Å². The van der Waals surface area contributed by atoms with E-state index >= 15 is 0 Å². The second kappa shape index (κ2) is 5.59. The van der Waals surface area contributed by atoms with Gasteiger partial charge in [0.1, 0.15) is 0 Å². The third kappa shape index (κ3) is 3.62. The summed E-state index contributed by atoms with van der Waals surface area (Å²) in [6.45, 7) is 1.81. The van der Waals surface area contributed by atoms with Crippen molar-refractivity contribution in [3.63, 3.8) is 0 Å². The molecule has 0 aliphatic carbocycles. The number of rotatable bonds is 3. The number of hydrogen-bond donors (Lipinski definition) is 0. The largest absolute Gasteiger partial charge is 0.444 e. The summed E-state index contributed by atoms with van der Waals surface area (Å²) in [6.07, 6.45) is -4.84. The summed E-state index contributed by atoms with van der Waals surface area (Å²) in [5.41, 5.74) is 0.746. The lowest BCUT2D eigenvalue weighted by molar-refractivity contribution is -0.207. The molecule has 0 N–H and O–H groups in total. The highest BCUT2D eigenvalue weighted by molar-refractivity contribution is 5.89. The molecule has 0 saturated heterocycles. The number of aromatic nitrogens is 2. The highest BCUT2D eigenvalue weighted by atomic mass is 19.4. The number of halogens is 3. The summed E-state index contributed by atoms with van der Waals surface area (Å²) in [6, 6.07) is 6.11. The van der Waals surface area contributed by atoms with Crippen LogP contribution in [0.4, 0.5) is 13.2 Å². The van der Waals surface area contributed by atoms with E-state index in [2.05, 4.69) is 9.84 Å². The van der Waals surface area contributed by atoms with E-state index in [9.17, 15) is 18.0 Å². The third-order valence-corrected chi connectivity index (χ3v) is 2.84. The zero-order valence-corrected chi connectivity index (χ0v) is 11.4. The van der Waals surface area contributed by atoms with Gasteiger partial charge >= 0.3 is 12.1 Å². The zero-order valence-electron chi connectivity index (χ0n) is 11.4. The van der Waals surface area contributed by atoms with Crippen molar-refractivity contribution in [1.82, 2.24) is 9.78 Å². The molecule has 1 aromatic carbocycles. The highest BCUT2D eigenvalue weighted by Crippen LogP contribution is 2.36. The van der Waals surface area contributed by atoms with Crippen LogP contribution in [0.1, 0.15) is 27.6 Å². The van der Waals surface area contributed by atoms with Crippen molar-refractivity contribution >= 4 is 5.97 Å². The van der Waals surface area contributed by atoms with Crippen LogP contribution in [-0.2, 0) is 11.8 Å². The number of aryl methyl sites for hydroxylation is 2. The molecule has 0 radical (unpaired) electrons. The molecule has 7 heteroatoms. The Morgan fingerprint density at radius 3 is 2.38 bits per heavy atom. The molecule has 2 aromatic rings. The lowest BCUT2D eigenvalue weighted by Gasteiger charge is -2.19. The van der Waals surface area contributed by atoms with E-state index in [0.29, 0.717) is 0 Å². The predicted molar refractivity (Wildman–Crippen MR) is 68.6 cm³/mol. The summed E-state index contributed by atoms with van der Waals surface area (Å²) >= 11 is 0. The summed E-state index contributed by atoms with van der Waals surface area (Å²) in [4.78, 5) is 11.8. The molecule has 1 aromatic heterocycles. The number of carbonyl (C=O) groups excluding carboxylic acids is 1. The van der Waals surface area contributed by atoms with Gasteiger partial charge in [-0.05, 0) is 19.1 Å². The average molecular weight is 298 g/mol. The van der Waals surface area contributed by atoms with Crippen molar-refractivity contribution in [2.45, 2.75) is 19.2 Å². The SMILES string of the molecule is Cc1ccc(C(=O)O[C@@H](c2cnn(C)c2)C(F)(F)F)cc1. The average Bonchev–Trinajstić information content (AvgIpc) is 2.81. The normalized spacial score (nSPS) is 13.0. The maximum atomic E-state index is 13.0. The molecule has 0 saturated carbocycles. The second-order valence-corrected chi connectivity index (χ2v) is 4.64. The van der Waals surface area contributed by atoms with Gasteiger partial charge in [0.05, 0.1) is 11.8 Å². The van der Waals surface area contributed by atoms with Crippen LogP contribution in [0.2, 0.25) is 0 Å². The number of carbonyl (C=O) groups is 1. The molecule has 0 aliphatic rings. The van der Waals surface area contributed by atoms with Crippen molar-refractivity contribution in [3.8, 4) is 0 Å². The first-order valence-electron chi connectivity index (χ1n) is 6.10. The fourth-order valence-electron chi connectivity index (χ4n) is 1.76. The molecule has 0 fully saturated rings. The van der Waals surface area contributed by atoms with Crippen LogP contribution in [0.15, 0.2) is 36.7 Å². The molecule has 2 rings (SSSR count). The van der Waals surface area contributed by atoms with E-state index in [0.717, 1.165) is 11.8 Å². The number of ether oxygens (including phenoxy) is 1. The van der Waals surface area contributed by atoms with Crippen LogP contribution >= 0.6 is 0 Å². The molecular weight excluding hydrogens is 285 g/mol. The van der Waals surface area contributed by atoms with Gasteiger partial charge in [-0.25, -0.2) is 4.79 Å². The van der Waals surface area contributed by atoms with E-state index in [1.54, 1.807) is 12.1 Å². The van der Waals surface area contributed by atoms with Gasteiger partial charge in [0.15, 0.2) is 0 Å². The smallest absolute Gasteiger partial charge is 0.429 e. The quantitative estimate of drug-likeness (QED) is 0.817. The standard InChI is InChI=1S/C14H13F3N2O2/c1-9-3-5-10(6-4-9)13(20)21-12(14(15,16)17)11-7-18-19(2)8-11/h3-8,12H,1-2H3/t12-/m0/s1. The molecule has 0 amide bonds. The predicted octanol–water partition coefficient (Wildman–Crippen LogP) is 3.19. The minimum Gasteiger partial charge on any atom is -0.444 e. The number of nitrogens with zero attached hydrogens (tertiary/aromatic N) is 2.